The summed E-state index contributed by atoms with van der Waals surface area (Å²) in [5.41, 5.74) is 1.86. The molecule has 3 heteroatoms. The van der Waals surface area contributed by atoms with Crippen LogP contribution in [0.5, 0.6) is 0 Å². The predicted molar refractivity (Wildman–Crippen MR) is 78.5 cm³/mol. The molecule has 1 fully saturated rings. The Morgan fingerprint density at radius 3 is 2.55 bits per heavy atom. The van der Waals surface area contributed by atoms with Crippen LogP contribution in [0, 0.1) is 11.8 Å². The lowest BCUT2D eigenvalue weighted by molar-refractivity contribution is -0.136. The molecule has 20 heavy (non-hydrogen) atoms. The van der Waals surface area contributed by atoms with Gasteiger partial charge in [-0.15, -0.1) is 0 Å². The maximum Gasteiger partial charge on any atom is 0.307 e. The summed E-state index contributed by atoms with van der Waals surface area (Å²) < 4.78 is 6.02. The van der Waals surface area contributed by atoms with Gasteiger partial charge in [0.2, 0.25) is 0 Å². The topological polar surface area (TPSA) is 46.5 Å². The van der Waals surface area contributed by atoms with Crippen molar-refractivity contribution in [1.82, 2.24) is 0 Å². The predicted octanol–water partition coefficient (Wildman–Crippen LogP) is 3.66. The van der Waals surface area contributed by atoms with Gasteiger partial charge in [-0.25, -0.2) is 0 Å². The maximum atomic E-state index is 10.9. The van der Waals surface area contributed by atoms with E-state index in [0.717, 1.165) is 29.9 Å². The third-order valence-corrected chi connectivity index (χ3v) is 4.48. The van der Waals surface area contributed by atoms with Crippen molar-refractivity contribution in [3.8, 4) is 0 Å². The number of hydrogen-bond donors (Lipinski definition) is 1. The summed E-state index contributed by atoms with van der Waals surface area (Å²) in [7, 11) is 0. The van der Waals surface area contributed by atoms with E-state index in [0.29, 0.717) is 18.6 Å². The molecule has 1 N–H and O–H groups in total. The van der Waals surface area contributed by atoms with Crippen LogP contribution >= 0.6 is 0 Å². The highest BCUT2D eigenvalue weighted by Crippen LogP contribution is 2.31. The van der Waals surface area contributed by atoms with Crippen LogP contribution in [0.1, 0.15) is 44.2 Å². The zero-order valence-corrected chi connectivity index (χ0v) is 12.3. The van der Waals surface area contributed by atoms with Crippen LogP contribution in [-0.2, 0) is 22.6 Å². The molecule has 0 heterocycles. The Kier molecular flexibility index (Phi) is 5.18. The quantitative estimate of drug-likeness (QED) is 0.892. The maximum absolute atomic E-state index is 10.9. The van der Waals surface area contributed by atoms with Crippen molar-refractivity contribution in [2.75, 3.05) is 0 Å². The molecule has 0 amide bonds. The van der Waals surface area contributed by atoms with Crippen molar-refractivity contribution in [2.45, 2.75) is 52.2 Å². The molecule has 0 bridgehead atoms. The Morgan fingerprint density at radius 1 is 1.20 bits per heavy atom. The molecule has 1 aromatic carbocycles. The lowest BCUT2D eigenvalue weighted by Gasteiger charge is -2.32. The van der Waals surface area contributed by atoms with Gasteiger partial charge < -0.3 is 9.84 Å². The summed E-state index contributed by atoms with van der Waals surface area (Å²) in [5.74, 6) is 0.703. The molecule has 1 aromatic rings. The molecule has 1 saturated carbocycles. The molecule has 0 spiro atoms. The first-order valence-corrected chi connectivity index (χ1v) is 7.46. The summed E-state index contributed by atoms with van der Waals surface area (Å²) in [5, 5.41) is 8.93. The van der Waals surface area contributed by atoms with Crippen molar-refractivity contribution in [2.24, 2.45) is 11.8 Å². The minimum absolute atomic E-state index is 0.0671. The lowest BCUT2D eigenvalue weighted by atomic mass is 9.80. The fourth-order valence-electron chi connectivity index (χ4n) is 2.89. The number of carboxylic acid groups (broad SMARTS) is 1. The van der Waals surface area contributed by atoms with E-state index in [1.165, 1.54) is 6.42 Å². The monoisotopic (exact) mass is 276 g/mol. The average molecular weight is 276 g/mol. The molecule has 0 aromatic heterocycles. The Bertz CT molecular complexity index is 455. The van der Waals surface area contributed by atoms with E-state index in [1.807, 2.05) is 24.3 Å². The van der Waals surface area contributed by atoms with Crippen molar-refractivity contribution in [3.63, 3.8) is 0 Å². The number of carbonyl (C=O) groups is 1. The molecule has 1 aliphatic rings. The molecule has 2 rings (SSSR count). The fraction of sp³-hybridized carbons (Fsp3) is 0.588. The van der Waals surface area contributed by atoms with Crippen LogP contribution < -0.4 is 0 Å². The van der Waals surface area contributed by atoms with Crippen LogP contribution in [0.4, 0.5) is 0 Å². The van der Waals surface area contributed by atoms with E-state index >= 15 is 0 Å². The highest BCUT2D eigenvalue weighted by atomic mass is 16.5. The molecule has 1 aliphatic carbocycles. The molecular weight excluding hydrogens is 252 g/mol. The van der Waals surface area contributed by atoms with E-state index in [2.05, 4.69) is 13.8 Å². The number of ether oxygens (including phenoxy) is 1. The van der Waals surface area contributed by atoms with Crippen LogP contribution in [0.15, 0.2) is 24.3 Å². The van der Waals surface area contributed by atoms with Gasteiger partial charge in [0.05, 0.1) is 19.1 Å². The third-order valence-electron chi connectivity index (χ3n) is 4.48. The molecule has 3 unspecified atom stereocenters. The van der Waals surface area contributed by atoms with Gasteiger partial charge in [0.1, 0.15) is 0 Å². The van der Waals surface area contributed by atoms with Crippen LogP contribution in [0.3, 0.4) is 0 Å². The van der Waals surface area contributed by atoms with Gasteiger partial charge in [-0.2, -0.15) is 0 Å². The van der Waals surface area contributed by atoms with Crippen LogP contribution in [0.25, 0.3) is 0 Å². The highest BCUT2D eigenvalue weighted by molar-refractivity contribution is 5.70. The van der Waals surface area contributed by atoms with Gasteiger partial charge in [0, 0.05) is 0 Å². The smallest absolute Gasteiger partial charge is 0.307 e. The number of aliphatic carboxylic acids is 1. The minimum Gasteiger partial charge on any atom is -0.481 e. The third kappa shape index (κ3) is 4.07. The first kappa shape index (κ1) is 15.0. The second kappa shape index (κ2) is 6.89. The Hall–Kier alpha value is -1.35. The number of benzene rings is 1. The van der Waals surface area contributed by atoms with Gasteiger partial charge in [-0.1, -0.05) is 38.1 Å². The van der Waals surface area contributed by atoms with Gasteiger partial charge in [-0.05, 0) is 42.2 Å². The number of rotatable bonds is 5. The molecule has 3 atom stereocenters. The van der Waals surface area contributed by atoms with Crippen LogP contribution in [-0.4, -0.2) is 17.2 Å². The molecule has 0 radical (unpaired) electrons. The van der Waals surface area contributed by atoms with E-state index in [-0.39, 0.29) is 6.42 Å². The summed E-state index contributed by atoms with van der Waals surface area (Å²) in [6, 6.07) is 7.66. The highest BCUT2D eigenvalue weighted by Gasteiger charge is 2.25. The van der Waals surface area contributed by atoms with E-state index in [1.54, 1.807) is 0 Å². The Balaban J connectivity index is 1.92. The zero-order chi connectivity index (χ0) is 14.5. The first-order valence-electron chi connectivity index (χ1n) is 7.46. The SMILES string of the molecule is CC1CCC(OCc2ccccc2CC(=O)O)CC1C. The van der Waals surface area contributed by atoms with Crippen molar-refractivity contribution >= 4 is 5.97 Å². The van der Waals surface area contributed by atoms with Crippen molar-refractivity contribution < 1.29 is 14.6 Å². The standard InChI is InChI=1S/C17H24O3/c1-12-7-8-16(9-13(12)2)20-11-15-6-4-3-5-14(15)10-17(18)19/h3-6,12-13,16H,7-11H2,1-2H3,(H,18,19). The second-order valence-corrected chi connectivity index (χ2v) is 6.04. The van der Waals surface area contributed by atoms with Crippen LogP contribution in [0.2, 0.25) is 0 Å². The van der Waals surface area contributed by atoms with Gasteiger partial charge in [0.25, 0.3) is 0 Å². The second-order valence-electron chi connectivity index (χ2n) is 6.04. The number of carboxylic acids is 1. The Labute approximate surface area is 121 Å². The minimum atomic E-state index is -0.794. The Morgan fingerprint density at radius 2 is 1.90 bits per heavy atom. The average Bonchev–Trinajstić information content (AvgIpc) is 2.41. The first-order chi connectivity index (χ1) is 9.56. The number of hydrogen-bond acceptors (Lipinski definition) is 2. The molecule has 0 aliphatic heterocycles. The van der Waals surface area contributed by atoms with Crippen molar-refractivity contribution in [1.29, 1.82) is 0 Å². The van der Waals surface area contributed by atoms with Crippen molar-refractivity contribution in [3.05, 3.63) is 35.4 Å². The van der Waals surface area contributed by atoms with E-state index in [4.69, 9.17) is 9.84 Å². The molecular formula is C17H24O3. The molecule has 0 saturated heterocycles. The van der Waals surface area contributed by atoms with Gasteiger partial charge in [0.15, 0.2) is 0 Å². The fourth-order valence-corrected chi connectivity index (χ4v) is 2.89. The largest absolute Gasteiger partial charge is 0.481 e. The summed E-state index contributed by atoms with van der Waals surface area (Å²) in [6.07, 6.45) is 3.84. The van der Waals surface area contributed by atoms with Gasteiger partial charge >= 0.3 is 5.97 Å². The zero-order valence-electron chi connectivity index (χ0n) is 12.3. The summed E-state index contributed by atoms with van der Waals surface area (Å²) >= 11 is 0. The van der Waals surface area contributed by atoms with Gasteiger partial charge in [-0.3, -0.25) is 4.79 Å². The summed E-state index contributed by atoms with van der Waals surface area (Å²) in [6.45, 7) is 5.12. The van der Waals surface area contributed by atoms with E-state index < -0.39 is 5.97 Å². The lowest BCUT2D eigenvalue weighted by Crippen LogP contribution is -2.26. The molecule has 3 nitrogen and oxygen atoms in total. The molecule has 110 valence electrons. The summed E-state index contributed by atoms with van der Waals surface area (Å²) in [4.78, 5) is 10.9. The van der Waals surface area contributed by atoms with E-state index in [9.17, 15) is 4.79 Å². The normalized spacial score (nSPS) is 26.4.